The van der Waals surface area contributed by atoms with Crippen LogP contribution in [0.25, 0.3) is 0 Å². The molecule has 0 saturated carbocycles. The summed E-state index contributed by atoms with van der Waals surface area (Å²) in [6.45, 7) is 7.63. The molecule has 4 unspecified atom stereocenters. The van der Waals surface area contributed by atoms with Crippen molar-refractivity contribution in [3.8, 4) is 0 Å². The van der Waals surface area contributed by atoms with Crippen molar-refractivity contribution >= 4 is 0 Å². The summed E-state index contributed by atoms with van der Waals surface area (Å²) in [7, 11) is 0. The smallest absolute Gasteiger partial charge is 0.0664 e. The molecule has 13 heavy (non-hydrogen) atoms. The molecule has 0 aromatic heterocycles. The fourth-order valence-electron chi connectivity index (χ4n) is 1.88. The third-order valence-electron chi connectivity index (χ3n) is 3.21. The van der Waals surface area contributed by atoms with Gasteiger partial charge in [-0.25, -0.2) is 0 Å². The lowest BCUT2D eigenvalue weighted by Crippen LogP contribution is -2.39. The summed E-state index contributed by atoms with van der Waals surface area (Å²) in [6.07, 6.45) is 0.549. The Bertz CT molecular complexity index is 159. The van der Waals surface area contributed by atoms with Crippen molar-refractivity contribution in [3.05, 3.63) is 0 Å². The van der Waals surface area contributed by atoms with Crippen molar-refractivity contribution in [2.45, 2.75) is 45.4 Å². The van der Waals surface area contributed by atoms with Gasteiger partial charge in [0, 0.05) is 12.6 Å². The van der Waals surface area contributed by atoms with Crippen LogP contribution in [-0.4, -0.2) is 46.5 Å². The monoisotopic (exact) mass is 187 g/mol. The summed E-state index contributed by atoms with van der Waals surface area (Å²) in [5.41, 5.74) is 0. The molecular weight excluding hydrogens is 166 g/mol. The highest BCUT2D eigenvalue weighted by atomic mass is 16.3. The number of rotatable bonds is 3. The van der Waals surface area contributed by atoms with Crippen LogP contribution in [0.3, 0.4) is 0 Å². The minimum Gasteiger partial charge on any atom is -0.393 e. The van der Waals surface area contributed by atoms with Gasteiger partial charge < -0.3 is 10.2 Å². The van der Waals surface area contributed by atoms with Crippen LogP contribution in [0.5, 0.6) is 0 Å². The zero-order valence-electron chi connectivity index (χ0n) is 8.77. The topological polar surface area (TPSA) is 43.7 Å². The molecule has 1 aliphatic heterocycles. The van der Waals surface area contributed by atoms with Gasteiger partial charge in [0.2, 0.25) is 0 Å². The van der Waals surface area contributed by atoms with Gasteiger partial charge in [-0.15, -0.1) is 0 Å². The van der Waals surface area contributed by atoms with E-state index in [1.54, 1.807) is 0 Å². The van der Waals surface area contributed by atoms with Gasteiger partial charge in [-0.05, 0) is 39.7 Å². The summed E-state index contributed by atoms with van der Waals surface area (Å²) < 4.78 is 0. The fraction of sp³-hybridized carbons (Fsp3) is 1.00. The quantitative estimate of drug-likeness (QED) is 0.674. The van der Waals surface area contributed by atoms with E-state index in [9.17, 15) is 10.2 Å². The molecule has 0 spiro atoms. The lowest BCUT2D eigenvalue weighted by molar-refractivity contribution is 0.0729. The summed E-state index contributed by atoms with van der Waals surface area (Å²) in [5.74, 6) is 0.390. The molecule has 3 heteroatoms. The van der Waals surface area contributed by atoms with E-state index in [2.05, 4.69) is 4.90 Å². The third kappa shape index (κ3) is 2.66. The van der Waals surface area contributed by atoms with Crippen LogP contribution in [0.1, 0.15) is 27.2 Å². The normalized spacial score (nSPS) is 31.6. The first-order valence-electron chi connectivity index (χ1n) is 5.12. The Kier molecular flexibility index (Phi) is 3.71. The van der Waals surface area contributed by atoms with E-state index in [1.807, 2.05) is 20.8 Å². The first-order chi connectivity index (χ1) is 6.02. The number of hydrogen-bond donors (Lipinski definition) is 2. The van der Waals surface area contributed by atoms with E-state index in [1.165, 1.54) is 0 Å². The molecule has 0 radical (unpaired) electrons. The Morgan fingerprint density at radius 1 is 1.23 bits per heavy atom. The Balaban J connectivity index is 2.40. The first kappa shape index (κ1) is 11.0. The van der Waals surface area contributed by atoms with Crippen LogP contribution in [0.4, 0.5) is 0 Å². The van der Waals surface area contributed by atoms with Crippen LogP contribution in [-0.2, 0) is 0 Å². The van der Waals surface area contributed by atoms with Crippen molar-refractivity contribution in [3.63, 3.8) is 0 Å². The third-order valence-corrected chi connectivity index (χ3v) is 3.21. The van der Waals surface area contributed by atoms with Gasteiger partial charge in [0.25, 0.3) is 0 Å². The summed E-state index contributed by atoms with van der Waals surface area (Å²) in [6, 6.07) is 0.212. The molecule has 0 amide bonds. The lowest BCUT2D eigenvalue weighted by atomic mass is 10.0. The molecule has 1 heterocycles. The van der Waals surface area contributed by atoms with E-state index >= 15 is 0 Å². The Morgan fingerprint density at radius 2 is 1.85 bits per heavy atom. The second-order valence-electron chi connectivity index (χ2n) is 4.27. The average molecular weight is 187 g/mol. The Morgan fingerprint density at radius 3 is 2.23 bits per heavy atom. The van der Waals surface area contributed by atoms with Crippen LogP contribution >= 0.6 is 0 Å². The molecule has 0 aromatic carbocycles. The molecular formula is C10H21NO2. The van der Waals surface area contributed by atoms with Crippen molar-refractivity contribution in [2.24, 2.45) is 5.92 Å². The van der Waals surface area contributed by atoms with Crippen molar-refractivity contribution in [1.29, 1.82) is 0 Å². The van der Waals surface area contributed by atoms with E-state index in [0.717, 1.165) is 19.5 Å². The van der Waals surface area contributed by atoms with Crippen LogP contribution in [0.15, 0.2) is 0 Å². The lowest BCUT2D eigenvalue weighted by Gasteiger charge is -2.26. The number of hydrogen-bond acceptors (Lipinski definition) is 3. The molecule has 1 fully saturated rings. The van der Waals surface area contributed by atoms with Gasteiger partial charge in [-0.3, -0.25) is 4.90 Å². The minimum atomic E-state index is -0.284. The van der Waals surface area contributed by atoms with Gasteiger partial charge >= 0.3 is 0 Å². The largest absolute Gasteiger partial charge is 0.393 e. The zero-order valence-corrected chi connectivity index (χ0v) is 8.77. The fourth-order valence-corrected chi connectivity index (χ4v) is 1.88. The maximum atomic E-state index is 9.40. The molecule has 0 aromatic rings. The number of nitrogens with zero attached hydrogens (tertiary/aromatic N) is 1. The SMILES string of the molecule is CC(O)C1CCN(C(C)C(C)O)C1. The van der Waals surface area contributed by atoms with Gasteiger partial charge in [-0.2, -0.15) is 0 Å². The molecule has 1 saturated heterocycles. The van der Waals surface area contributed by atoms with Crippen molar-refractivity contribution in [1.82, 2.24) is 4.90 Å². The van der Waals surface area contributed by atoms with Crippen LogP contribution in [0, 0.1) is 5.92 Å². The predicted octanol–water partition coefficient (Wildman–Crippen LogP) is 0.458. The molecule has 4 atom stereocenters. The molecule has 78 valence electrons. The van der Waals surface area contributed by atoms with Gasteiger partial charge in [0.05, 0.1) is 12.2 Å². The second kappa shape index (κ2) is 4.40. The van der Waals surface area contributed by atoms with Crippen molar-refractivity contribution < 1.29 is 10.2 Å². The molecule has 0 aliphatic carbocycles. The summed E-state index contributed by atoms with van der Waals surface area (Å²) in [5, 5.41) is 18.8. The maximum Gasteiger partial charge on any atom is 0.0664 e. The van der Waals surface area contributed by atoms with E-state index < -0.39 is 0 Å². The number of aliphatic hydroxyl groups excluding tert-OH is 2. The zero-order chi connectivity index (χ0) is 10.0. The van der Waals surface area contributed by atoms with E-state index in [-0.39, 0.29) is 18.2 Å². The highest BCUT2D eigenvalue weighted by molar-refractivity contribution is 4.83. The molecule has 1 rings (SSSR count). The Labute approximate surface area is 80.4 Å². The van der Waals surface area contributed by atoms with Gasteiger partial charge in [0.15, 0.2) is 0 Å². The number of aliphatic hydroxyl groups is 2. The van der Waals surface area contributed by atoms with Crippen LogP contribution in [0.2, 0.25) is 0 Å². The maximum absolute atomic E-state index is 9.40. The van der Waals surface area contributed by atoms with Gasteiger partial charge in [0.1, 0.15) is 0 Å². The van der Waals surface area contributed by atoms with E-state index in [4.69, 9.17) is 0 Å². The van der Waals surface area contributed by atoms with Gasteiger partial charge in [-0.1, -0.05) is 0 Å². The van der Waals surface area contributed by atoms with Crippen LogP contribution < -0.4 is 0 Å². The molecule has 2 N–H and O–H groups in total. The highest BCUT2D eigenvalue weighted by Gasteiger charge is 2.30. The first-order valence-corrected chi connectivity index (χ1v) is 5.12. The summed E-state index contributed by atoms with van der Waals surface area (Å²) in [4.78, 5) is 2.25. The van der Waals surface area contributed by atoms with E-state index in [0.29, 0.717) is 5.92 Å². The highest BCUT2D eigenvalue weighted by Crippen LogP contribution is 2.22. The minimum absolute atomic E-state index is 0.212. The molecule has 0 bridgehead atoms. The standard InChI is InChI=1S/C10H21NO2/c1-7(8(2)12)11-5-4-10(6-11)9(3)13/h7-10,12-13H,4-6H2,1-3H3. The average Bonchev–Trinajstić information content (AvgIpc) is 2.50. The predicted molar refractivity (Wildman–Crippen MR) is 52.5 cm³/mol. The molecule has 1 aliphatic rings. The summed E-state index contributed by atoms with van der Waals surface area (Å²) >= 11 is 0. The number of likely N-dealkylation sites (tertiary alicyclic amines) is 1. The second-order valence-corrected chi connectivity index (χ2v) is 4.27. The Hall–Kier alpha value is -0.120. The molecule has 3 nitrogen and oxygen atoms in total. The van der Waals surface area contributed by atoms with Crippen molar-refractivity contribution in [2.75, 3.05) is 13.1 Å².